The van der Waals surface area contributed by atoms with Crippen molar-refractivity contribution in [1.82, 2.24) is 20.1 Å². The number of nitrogens with zero attached hydrogens (tertiary/aromatic N) is 3. The number of fused-ring (bicyclic) bond motifs is 3. The summed E-state index contributed by atoms with van der Waals surface area (Å²) in [6, 6.07) is 9.18. The monoisotopic (exact) mass is 525 g/mol. The van der Waals surface area contributed by atoms with Crippen molar-refractivity contribution < 1.29 is 23.5 Å². The molecule has 11 heteroatoms. The zero-order valence-electron chi connectivity index (χ0n) is 20.1. The van der Waals surface area contributed by atoms with E-state index >= 15 is 4.39 Å². The lowest BCUT2D eigenvalue weighted by molar-refractivity contribution is -0.0420. The molecule has 4 heterocycles. The van der Waals surface area contributed by atoms with Gasteiger partial charge in [0, 0.05) is 12.5 Å². The Morgan fingerprint density at radius 2 is 2.08 bits per heavy atom. The molecule has 1 aromatic heterocycles. The first-order valence-corrected chi connectivity index (χ1v) is 12.7. The van der Waals surface area contributed by atoms with Crippen LogP contribution in [0.2, 0.25) is 5.02 Å². The van der Waals surface area contributed by atoms with E-state index in [1.807, 2.05) is 0 Å². The molecule has 1 saturated heterocycles. The maximum absolute atomic E-state index is 15.2. The third kappa shape index (κ3) is 4.04. The Balaban J connectivity index is 1.27. The van der Waals surface area contributed by atoms with Gasteiger partial charge in [0.15, 0.2) is 11.4 Å². The van der Waals surface area contributed by atoms with Crippen molar-refractivity contribution in [3.63, 3.8) is 0 Å². The molecule has 0 saturated carbocycles. The molecule has 0 bridgehead atoms. The van der Waals surface area contributed by atoms with Crippen LogP contribution in [0.4, 0.5) is 14.9 Å². The number of carbonyl (C=O) groups is 2. The zero-order valence-corrected chi connectivity index (χ0v) is 20.9. The molecular weight excluding hydrogens is 501 g/mol. The molecule has 9 nitrogen and oxygen atoms in total. The van der Waals surface area contributed by atoms with E-state index in [4.69, 9.17) is 21.1 Å². The Bertz CT molecular complexity index is 1410. The Labute approximate surface area is 217 Å². The van der Waals surface area contributed by atoms with E-state index in [0.29, 0.717) is 44.1 Å². The predicted molar refractivity (Wildman–Crippen MR) is 132 cm³/mol. The molecule has 2 atom stereocenters. The maximum atomic E-state index is 15.2. The summed E-state index contributed by atoms with van der Waals surface area (Å²) in [6.07, 6.45) is 0.918. The van der Waals surface area contributed by atoms with E-state index in [2.05, 4.69) is 45.6 Å². The van der Waals surface area contributed by atoms with E-state index in [9.17, 15) is 9.59 Å². The fourth-order valence-corrected chi connectivity index (χ4v) is 5.78. The van der Waals surface area contributed by atoms with Crippen molar-refractivity contribution in [1.29, 1.82) is 0 Å². The molecule has 37 heavy (non-hydrogen) atoms. The van der Waals surface area contributed by atoms with E-state index in [1.54, 1.807) is 6.07 Å². The fourth-order valence-electron chi connectivity index (χ4n) is 5.62. The summed E-state index contributed by atoms with van der Waals surface area (Å²) < 4.78 is 26.3. The molecule has 2 N–H and O–H groups in total. The molecule has 3 aromatic rings. The Morgan fingerprint density at radius 1 is 1.24 bits per heavy atom. The molecule has 2 amide bonds. The molecular formula is C26H25ClFN5O4. The molecule has 3 aliphatic rings. The molecule has 1 spiro atoms. The molecule has 1 unspecified atom stereocenters. The van der Waals surface area contributed by atoms with Crippen LogP contribution in [0.3, 0.4) is 0 Å². The van der Waals surface area contributed by atoms with Crippen LogP contribution >= 0.6 is 11.6 Å². The minimum absolute atomic E-state index is 0.0262. The third-order valence-corrected chi connectivity index (χ3v) is 7.70. The maximum Gasteiger partial charge on any atom is 0.412 e. The van der Waals surface area contributed by atoms with Gasteiger partial charge in [-0.3, -0.25) is 10.1 Å². The average Bonchev–Trinajstić information content (AvgIpc) is 3.56. The van der Waals surface area contributed by atoms with Gasteiger partial charge >= 0.3 is 6.09 Å². The second-order valence-electron chi connectivity index (χ2n) is 9.66. The zero-order chi connectivity index (χ0) is 25.7. The summed E-state index contributed by atoms with van der Waals surface area (Å²) in [7, 11) is 0. The van der Waals surface area contributed by atoms with Crippen LogP contribution in [0.15, 0.2) is 30.3 Å². The predicted octanol–water partition coefficient (Wildman–Crippen LogP) is 4.86. The normalized spacial score (nSPS) is 21.3. The number of halogens is 2. The largest absolute Gasteiger partial charge is 0.436 e. The van der Waals surface area contributed by atoms with E-state index < -0.39 is 23.4 Å². The van der Waals surface area contributed by atoms with Gasteiger partial charge in [0.05, 0.1) is 36.0 Å². The van der Waals surface area contributed by atoms with Crippen molar-refractivity contribution in [2.45, 2.75) is 50.9 Å². The van der Waals surface area contributed by atoms with Crippen LogP contribution in [0.25, 0.3) is 0 Å². The molecule has 192 valence electrons. The number of hydrogen-bond acceptors (Lipinski definition) is 6. The number of nitrogens with one attached hydrogen (secondary N) is 2. The van der Waals surface area contributed by atoms with Gasteiger partial charge in [0.2, 0.25) is 5.82 Å². The number of rotatable bonds is 4. The highest BCUT2D eigenvalue weighted by molar-refractivity contribution is 6.31. The van der Waals surface area contributed by atoms with Gasteiger partial charge in [0.25, 0.3) is 5.91 Å². The van der Waals surface area contributed by atoms with Crippen LogP contribution in [0.1, 0.15) is 70.8 Å². The minimum atomic E-state index is -1.35. The summed E-state index contributed by atoms with van der Waals surface area (Å²) in [5.41, 5.74) is 2.52. The van der Waals surface area contributed by atoms with Gasteiger partial charge in [0.1, 0.15) is 5.82 Å². The number of carbonyl (C=O) groups excluding carboxylic acids is 2. The highest BCUT2D eigenvalue weighted by atomic mass is 35.5. The van der Waals surface area contributed by atoms with Crippen LogP contribution in [0.5, 0.6) is 0 Å². The van der Waals surface area contributed by atoms with Crippen molar-refractivity contribution >= 4 is 29.3 Å². The van der Waals surface area contributed by atoms with Gasteiger partial charge in [-0.2, -0.15) is 0 Å². The number of aromatic amines is 1. The number of amides is 2. The molecule has 0 radical (unpaired) electrons. The molecule has 1 fully saturated rings. The highest BCUT2D eigenvalue weighted by Gasteiger charge is 2.49. The molecule has 6 rings (SSSR count). The first kappa shape index (κ1) is 23.9. The van der Waals surface area contributed by atoms with Crippen molar-refractivity contribution in [2.75, 3.05) is 18.4 Å². The Hall–Kier alpha value is -3.50. The number of benzene rings is 2. The summed E-state index contributed by atoms with van der Waals surface area (Å²) in [4.78, 5) is 30.4. The number of piperidine rings is 1. The van der Waals surface area contributed by atoms with E-state index in [1.165, 1.54) is 16.5 Å². The first-order valence-electron chi connectivity index (χ1n) is 12.3. The standard InChI is InChI=1S/C26H25ClFN5O4/c1-2-17(14-4-5-15-11-36-12-16(15)10-14)22-30-23(32-31-22)24(34)33-9-3-8-26(13-33)20-19(29-25(35)37-26)7-6-18(27)21(20)28/h4-7,10,17H,2-3,8-9,11-13H2,1H3,(H,29,35)(H,30,31,32)/t17?,26-/m0/s1. The Kier molecular flexibility index (Phi) is 5.88. The lowest BCUT2D eigenvalue weighted by Crippen LogP contribution is -2.53. The van der Waals surface area contributed by atoms with Crippen molar-refractivity contribution in [2.24, 2.45) is 0 Å². The number of aromatic nitrogens is 3. The van der Waals surface area contributed by atoms with E-state index in [0.717, 1.165) is 17.5 Å². The Morgan fingerprint density at radius 3 is 2.92 bits per heavy atom. The lowest BCUT2D eigenvalue weighted by atomic mass is 9.83. The summed E-state index contributed by atoms with van der Waals surface area (Å²) >= 11 is 6.05. The van der Waals surface area contributed by atoms with Crippen LogP contribution in [-0.4, -0.2) is 45.2 Å². The van der Waals surface area contributed by atoms with Gasteiger partial charge in [-0.1, -0.05) is 36.7 Å². The van der Waals surface area contributed by atoms with Crippen molar-refractivity contribution in [3.8, 4) is 0 Å². The second-order valence-corrected chi connectivity index (χ2v) is 10.1. The molecule has 0 aliphatic carbocycles. The topological polar surface area (TPSA) is 109 Å². The van der Waals surface area contributed by atoms with Gasteiger partial charge in [-0.05, 0) is 48.1 Å². The average molecular weight is 526 g/mol. The van der Waals surface area contributed by atoms with Crippen LogP contribution in [0, 0.1) is 5.82 Å². The number of anilines is 1. The second kappa shape index (κ2) is 9.11. The van der Waals surface area contributed by atoms with Crippen LogP contribution in [-0.2, 0) is 28.3 Å². The molecule has 3 aliphatic heterocycles. The van der Waals surface area contributed by atoms with Gasteiger partial charge in [-0.25, -0.2) is 9.18 Å². The number of hydrogen-bond donors (Lipinski definition) is 2. The number of H-pyrrole nitrogens is 1. The summed E-state index contributed by atoms with van der Waals surface area (Å²) in [6.45, 7) is 3.64. The smallest absolute Gasteiger partial charge is 0.412 e. The lowest BCUT2D eigenvalue weighted by Gasteiger charge is -2.44. The van der Waals surface area contributed by atoms with Crippen molar-refractivity contribution in [3.05, 3.63) is 75.1 Å². The number of likely N-dealkylation sites (tertiary alicyclic amines) is 1. The van der Waals surface area contributed by atoms with Gasteiger partial charge < -0.3 is 19.4 Å². The fraction of sp³-hybridized carbons (Fsp3) is 0.385. The third-order valence-electron chi connectivity index (χ3n) is 7.41. The first-order chi connectivity index (χ1) is 17.9. The van der Waals surface area contributed by atoms with Gasteiger partial charge in [-0.15, -0.1) is 10.2 Å². The van der Waals surface area contributed by atoms with E-state index in [-0.39, 0.29) is 28.9 Å². The summed E-state index contributed by atoms with van der Waals surface area (Å²) in [5, 5.41) is 10.9. The number of ether oxygens (including phenoxy) is 2. The summed E-state index contributed by atoms with van der Waals surface area (Å²) in [5.74, 6) is -0.453. The van der Waals surface area contributed by atoms with Crippen LogP contribution < -0.4 is 5.32 Å². The highest BCUT2D eigenvalue weighted by Crippen LogP contribution is 2.45. The molecule has 2 aromatic carbocycles. The quantitative estimate of drug-likeness (QED) is 0.503. The SMILES string of the molecule is CCC(c1ccc2c(c1)COC2)c1nnc(C(=O)N2CCC[C@@]3(C2)OC(=O)Nc2ccc(Cl)c(F)c23)[nH]1. The minimum Gasteiger partial charge on any atom is -0.436 e.